The Bertz CT molecular complexity index is 465. The highest BCUT2D eigenvalue weighted by atomic mass is 16.5. The SMILES string of the molecule is COCCNC(=O)CN(C)C(=O)Nc1cccc(N)c1. The summed E-state index contributed by atoms with van der Waals surface area (Å²) in [4.78, 5) is 24.7. The molecule has 1 aromatic carbocycles. The minimum Gasteiger partial charge on any atom is -0.399 e. The van der Waals surface area contributed by atoms with E-state index in [2.05, 4.69) is 10.6 Å². The van der Waals surface area contributed by atoms with E-state index >= 15 is 0 Å². The van der Waals surface area contributed by atoms with Crippen LogP contribution in [0.25, 0.3) is 0 Å². The average Bonchev–Trinajstić information content (AvgIpc) is 2.38. The summed E-state index contributed by atoms with van der Waals surface area (Å²) in [7, 11) is 3.09. The van der Waals surface area contributed by atoms with Gasteiger partial charge in [-0.2, -0.15) is 0 Å². The van der Waals surface area contributed by atoms with Crippen molar-refractivity contribution in [3.8, 4) is 0 Å². The normalized spacial score (nSPS) is 9.90. The molecule has 0 aliphatic heterocycles. The van der Waals surface area contributed by atoms with Gasteiger partial charge >= 0.3 is 6.03 Å². The largest absolute Gasteiger partial charge is 0.399 e. The summed E-state index contributed by atoms with van der Waals surface area (Å²) in [6, 6.07) is 6.45. The van der Waals surface area contributed by atoms with Gasteiger partial charge in [0.15, 0.2) is 0 Å². The predicted molar refractivity (Wildman–Crippen MR) is 77.4 cm³/mol. The Morgan fingerprint density at radius 2 is 2.15 bits per heavy atom. The molecule has 0 unspecified atom stereocenters. The first-order valence-corrected chi connectivity index (χ1v) is 6.16. The minimum absolute atomic E-state index is 0.0299. The van der Waals surface area contributed by atoms with Gasteiger partial charge in [-0.15, -0.1) is 0 Å². The number of benzene rings is 1. The highest BCUT2D eigenvalue weighted by molar-refractivity contribution is 5.92. The molecule has 0 aliphatic rings. The Labute approximate surface area is 118 Å². The molecule has 1 aromatic rings. The van der Waals surface area contributed by atoms with Gasteiger partial charge in [-0.05, 0) is 18.2 Å². The van der Waals surface area contributed by atoms with Gasteiger partial charge in [0.2, 0.25) is 5.91 Å². The number of nitrogens with two attached hydrogens (primary N) is 1. The first-order chi connectivity index (χ1) is 9.52. The van der Waals surface area contributed by atoms with E-state index in [1.165, 1.54) is 11.9 Å². The third-order valence-corrected chi connectivity index (χ3v) is 2.49. The Morgan fingerprint density at radius 1 is 1.40 bits per heavy atom. The van der Waals surface area contributed by atoms with Crippen molar-refractivity contribution in [2.45, 2.75) is 0 Å². The monoisotopic (exact) mass is 280 g/mol. The van der Waals surface area contributed by atoms with Gasteiger partial charge in [-0.1, -0.05) is 6.07 Å². The Hall–Kier alpha value is -2.28. The number of nitrogen functional groups attached to an aromatic ring is 1. The van der Waals surface area contributed by atoms with Crippen molar-refractivity contribution in [1.82, 2.24) is 10.2 Å². The van der Waals surface area contributed by atoms with Crippen molar-refractivity contribution in [3.63, 3.8) is 0 Å². The summed E-state index contributed by atoms with van der Waals surface area (Å²) in [5.74, 6) is -0.243. The molecule has 1 rings (SSSR count). The lowest BCUT2D eigenvalue weighted by atomic mass is 10.3. The Morgan fingerprint density at radius 3 is 2.80 bits per heavy atom. The van der Waals surface area contributed by atoms with Crippen LogP contribution in [-0.2, 0) is 9.53 Å². The lowest BCUT2D eigenvalue weighted by Gasteiger charge is -2.17. The van der Waals surface area contributed by atoms with Gasteiger partial charge in [0.1, 0.15) is 6.54 Å². The van der Waals surface area contributed by atoms with E-state index in [-0.39, 0.29) is 18.5 Å². The number of nitrogens with zero attached hydrogens (tertiary/aromatic N) is 1. The third kappa shape index (κ3) is 5.57. The summed E-state index contributed by atoms with van der Waals surface area (Å²) in [5, 5.41) is 5.29. The lowest BCUT2D eigenvalue weighted by Crippen LogP contribution is -2.41. The molecule has 0 atom stereocenters. The van der Waals surface area contributed by atoms with Crippen molar-refractivity contribution < 1.29 is 14.3 Å². The van der Waals surface area contributed by atoms with Gasteiger partial charge in [0.05, 0.1) is 6.61 Å². The second-order valence-corrected chi connectivity index (χ2v) is 4.25. The van der Waals surface area contributed by atoms with Crippen LogP contribution in [0.1, 0.15) is 0 Å². The standard InChI is InChI=1S/C13H20N4O3/c1-17(9-12(18)15-6-7-20-2)13(19)16-11-5-3-4-10(14)8-11/h3-5,8H,6-7,9,14H2,1-2H3,(H,15,18)(H,16,19). The summed E-state index contributed by atoms with van der Waals surface area (Å²) in [6.07, 6.45) is 0. The minimum atomic E-state index is -0.377. The van der Waals surface area contributed by atoms with Crippen LogP contribution in [-0.4, -0.2) is 50.7 Å². The number of rotatable bonds is 6. The summed E-state index contributed by atoms with van der Waals surface area (Å²) in [5.41, 5.74) is 6.76. The van der Waals surface area contributed by atoms with Gasteiger partial charge in [0.25, 0.3) is 0 Å². The number of carbonyl (C=O) groups is 2. The quantitative estimate of drug-likeness (QED) is 0.522. The molecular weight excluding hydrogens is 260 g/mol. The van der Waals surface area contributed by atoms with Gasteiger partial charge in [-0.3, -0.25) is 4.79 Å². The maximum absolute atomic E-state index is 11.9. The lowest BCUT2D eigenvalue weighted by molar-refractivity contribution is -0.121. The zero-order valence-electron chi connectivity index (χ0n) is 11.7. The molecule has 0 fully saturated rings. The smallest absolute Gasteiger partial charge is 0.322 e. The van der Waals surface area contributed by atoms with E-state index in [1.54, 1.807) is 31.4 Å². The highest BCUT2D eigenvalue weighted by Crippen LogP contribution is 2.12. The number of hydrogen-bond donors (Lipinski definition) is 3. The van der Waals surface area contributed by atoms with Gasteiger partial charge < -0.3 is 26.0 Å². The number of urea groups is 1. The molecule has 110 valence electrons. The Kier molecular flexibility index (Phi) is 6.31. The molecule has 4 N–H and O–H groups in total. The van der Waals surface area contributed by atoms with Gasteiger partial charge in [0, 0.05) is 32.1 Å². The molecule has 0 saturated carbocycles. The van der Waals surface area contributed by atoms with E-state index in [0.29, 0.717) is 24.5 Å². The summed E-state index contributed by atoms with van der Waals surface area (Å²) in [6.45, 7) is 0.822. The van der Waals surface area contributed by atoms with Gasteiger partial charge in [-0.25, -0.2) is 4.79 Å². The molecule has 0 aromatic heterocycles. The van der Waals surface area contributed by atoms with Crippen LogP contribution in [0, 0.1) is 0 Å². The first-order valence-electron chi connectivity index (χ1n) is 6.16. The summed E-state index contributed by atoms with van der Waals surface area (Å²) >= 11 is 0. The Balaban J connectivity index is 2.41. The van der Waals surface area contributed by atoms with Crippen molar-refractivity contribution in [2.75, 3.05) is 44.9 Å². The third-order valence-electron chi connectivity index (χ3n) is 2.49. The number of amides is 3. The second kappa shape index (κ2) is 8.00. The zero-order chi connectivity index (χ0) is 15.0. The van der Waals surface area contributed by atoms with E-state index < -0.39 is 0 Å². The maximum atomic E-state index is 11.9. The number of anilines is 2. The molecule has 20 heavy (non-hydrogen) atoms. The van der Waals surface area contributed by atoms with Crippen LogP contribution in [0.4, 0.5) is 16.2 Å². The fourth-order valence-electron chi connectivity index (χ4n) is 1.47. The number of likely N-dealkylation sites (N-methyl/N-ethyl adjacent to an activating group) is 1. The fourth-order valence-corrected chi connectivity index (χ4v) is 1.47. The van der Waals surface area contributed by atoms with Crippen LogP contribution in [0.15, 0.2) is 24.3 Å². The molecule has 0 heterocycles. The van der Waals surface area contributed by atoms with Crippen LogP contribution in [0.5, 0.6) is 0 Å². The predicted octanol–water partition coefficient (Wildman–Crippen LogP) is 0.495. The molecule has 0 saturated heterocycles. The molecule has 0 bridgehead atoms. The number of nitrogens with one attached hydrogen (secondary N) is 2. The molecule has 0 spiro atoms. The van der Waals surface area contributed by atoms with E-state index in [1.807, 2.05) is 0 Å². The van der Waals surface area contributed by atoms with Crippen LogP contribution in [0.2, 0.25) is 0 Å². The van der Waals surface area contributed by atoms with Crippen LogP contribution in [0.3, 0.4) is 0 Å². The molecule has 3 amide bonds. The van der Waals surface area contributed by atoms with Crippen molar-refractivity contribution in [3.05, 3.63) is 24.3 Å². The van der Waals surface area contributed by atoms with E-state index in [9.17, 15) is 9.59 Å². The maximum Gasteiger partial charge on any atom is 0.322 e. The second-order valence-electron chi connectivity index (χ2n) is 4.25. The number of ether oxygens (including phenoxy) is 1. The van der Waals surface area contributed by atoms with Crippen LogP contribution < -0.4 is 16.4 Å². The first kappa shape index (κ1) is 15.8. The van der Waals surface area contributed by atoms with E-state index in [4.69, 9.17) is 10.5 Å². The topological polar surface area (TPSA) is 96.7 Å². The zero-order valence-corrected chi connectivity index (χ0v) is 11.7. The van der Waals surface area contributed by atoms with Crippen molar-refractivity contribution in [2.24, 2.45) is 0 Å². The molecule has 0 aliphatic carbocycles. The molecular formula is C13H20N4O3. The average molecular weight is 280 g/mol. The molecule has 0 radical (unpaired) electrons. The van der Waals surface area contributed by atoms with Crippen molar-refractivity contribution >= 4 is 23.3 Å². The number of methoxy groups -OCH3 is 1. The number of carbonyl (C=O) groups excluding carboxylic acids is 2. The fraction of sp³-hybridized carbons (Fsp3) is 0.385. The molecule has 7 heteroatoms. The van der Waals surface area contributed by atoms with Crippen LogP contribution >= 0.6 is 0 Å². The molecule has 7 nitrogen and oxygen atoms in total. The van der Waals surface area contributed by atoms with E-state index in [0.717, 1.165) is 0 Å². The van der Waals surface area contributed by atoms with Crippen molar-refractivity contribution in [1.29, 1.82) is 0 Å². The highest BCUT2D eigenvalue weighted by Gasteiger charge is 2.12. The summed E-state index contributed by atoms with van der Waals surface area (Å²) < 4.78 is 4.82. The number of hydrogen-bond acceptors (Lipinski definition) is 4.